The van der Waals surface area contributed by atoms with Gasteiger partial charge in [-0.3, -0.25) is 9.59 Å². The fourth-order valence-corrected chi connectivity index (χ4v) is 1.54. The fourth-order valence-electron chi connectivity index (χ4n) is 1.54. The van der Waals surface area contributed by atoms with E-state index in [0.29, 0.717) is 17.5 Å². The number of amides is 2. The number of carbonyl (C=O) groups excluding carboxylic acids is 2. The summed E-state index contributed by atoms with van der Waals surface area (Å²) in [6.07, 6.45) is 2.20. The van der Waals surface area contributed by atoms with E-state index < -0.39 is 11.9 Å². The Hall–Kier alpha value is -2.61. The van der Waals surface area contributed by atoms with E-state index in [2.05, 4.69) is 5.32 Å². The molecule has 0 aliphatic carbocycles. The Bertz CT molecular complexity index is 564. The lowest BCUT2D eigenvalue weighted by Crippen LogP contribution is -2.44. The van der Waals surface area contributed by atoms with E-state index in [-0.39, 0.29) is 5.91 Å². The number of nitrogens with one attached hydrogen (secondary N) is 1. The molecular weight excluding hydrogens is 254 g/mol. The van der Waals surface area contributed by atoms with Crippen molar-refractivity contribution in [3.63, 3.8) is 0 Å². The van der Waals surface area contributed by atoms with Crippen molar-refractivity contribution in [3.8, 4) is 6.07 Å². The number of allylic oxidation sites excluding steroid dienone is 1. The highest BCUT2D eigenvalue weighted by Gasteiger charge is 2.17. The molecule has 1 rings (SSSR count). The lowest BCUT2D eigenvalue weighted by atomic mass is 10.1. The molecule has 1 aromatic carbocycles. The number of nitrogens with zero attached hydrogens (tertiary/aromatic N) is 1. The maximum atomic E-state index is 12.0. The summed E-state index contributed by atoms with van der Waals surface area (Å²) in [5.74, 6) is -0.968. The van der Waals surface area contributed by atoms with Crippen LogP contribution >= 0.6 is 0 Å². The zero-order chi connectivity index (χ0) is 15.1. The van der Waals surface area contributed by atoms with Crippen molar-refractivity contribution < 1.29 is 9.59 Å². The van der Waals surface area contributed by atoms with Crippen molar-refractivity contribution in [1.82, 2.24) is 5.32 Å². The first-order chi connectivity index (χ1) is 9.43. The van der Waals surface area contributed by atoms with E-state index in [9.17, 15) is 9.59 Å². The van der Waals surface area contributed by atoms with Gasteiger partial charge in [-0.25, -0.2) is 0 Å². The van der Waals surface area contributed by atoms with Crippen molar-refractivity contribution in [3.05, 3.63) is 47.0 Å². The first-order valence-electron chi connectivity index (χ1n) is 6.17. The van der Waals surface area contributed by atoms with Gasteiger partial charge in [0.25, 0.3) is 5.91 Å². The molecule has 0 saturated carbocycles. The number of hydrogen-bond acceptors (Lipinski definition) is 3. The number of rotatable bonds is 5. The van der Waals surface area contributed by atoms with Crippen molar-refractivity contribution in [1.29, 1.82) is 5.26 Å². The van der Waals surface area contributed by atoms with Crippen molar-refractivity contribution >= 4 is 11.8 Å². The Morgan fingerprint density at radius 1 is 1.35 bits per heavy atom. The zero-order valence-electron chi connectivity index (χ0n) is 11.5. The highest BCUT2D eigenvalue weighted by Crippen LogP contribution is 2.05. The van der Waals surface area contributed by atoms with Gasteiger partial charge < -0.3 is 11.1 Å². The van der Waals surface area contributed by atoms with E-state index in [1.807, 2.05) is 26.0 Å². The van der Waals surface area contributed by atoms with Gasteiger partial charge in [-0.05, 0) is 44.5 Å². The van der Waals surface area contributed by atoms with E-state index >= 15 is 0 Å². The molecule has 0 radical (unpaired) electrons. The third kappa shape index (κ3) is 4.58. The summed E-state index contributed by atoms with van der Waals surface area (Å²) in [4.78, 5) is 23.3. The molecule has 104 valence electrons. The summed E-state index contributed by atoms with van der Waals surface area (Å²) >= 11 is 0. The Morgan fingerprint density at radius 3 is 2.40 bits per heavy atom. The van der Waals surface area contributed by atoms with Crippen molar-refractivity contribution in [2.24, 2.45) is 5.73 Å². The van der Waals surface area contributed by atoms with Crippen LogP contribution in [0, 0.1) is 11.3 Å². The molecule has 20 heavy (non-hydrogen) atoms. The summed E-state index contributed by atoms with van der Waals surface area (Å²) in [6.45, 7) is 3.81. The van der Waals surface area contributed by atoms with E-state index in [4.69, 9.17) is 11.0 Å². The SMILES string of the molecule is CC(C)=CC[C@H](NC(=O)c1ccc(C#N)cc1)C(N)=O. The van der Waals surface area contributed by atoms with Gasteiger partial charge in [0, 0.05) is 5.56 Å². The number of nitriles is 1. The van der Waals surface area contributed by atoms with Gasteiger partial charge in [0.1, 0.15) is 6.04 Å². The Balaban J connectivity index is 2.77. The summed E-state index contributed by atoms with van der Waals surface area (Å²) < 4.78 is 0. The number of nitrogens with two attached hydrogens (primary N) is 1. The maximum absolute atomic E-state index is 12.0. The molecule has 1 atom stereocenters. The molecular formula is C15H17N3O2. The fraction of sp³-hybridized carbons (Fsp3) is 0.267. The van der Waals surface area contributed by atoms with Gasteiger partial charge >= 0.3 is 0 Å². The van der Waals surface area contributed by atoms with E-state index in [1.54, 1.807) is 12.1 Å². The molecule has 1 aromatic rings. The molecule has 0 heterocycles. The van der Waals surface area contributed by atoms with E-state index in [1.165, 1.54) is 12.1 Å². The van der Waals surface area contributed by atoms with E-state index in [0.717, 1.165) is 5.57 Å². The molecule has 0 bridgehead atoms. The standard InChI is InChI=1S/C15H17N3O2/c1-10(2)3-8-13(14(17)19)18-15(20)12-6-4-11(9-16)5-7-12/h3-7,13H,8H2,1-2H3,(H2,17,19)(H,18,20)/t13-/m0/s1. The van der Waals surface area contributed by atoms with Gasteiger partial charge in [0.2, 0.25) is 5.91 Å². The third-order valence-corrected chi connectivity index (χ3v) is 2.69. The van der Waals surface area contributed by atoms with Gasteiger partial charge in [-0.1, -0.05) is 11.6 Å². The molecule has 2 amide bonds. The number of hydrogen-bond donors (Lipinski definition) is 2. The molecule has 0 saturated heterocycles. The lowest BCUT2D eigenvalue weighted by molar-refractivity contribution is -0.119. The molecule has 0 aromatic heterocycles. The predicted octanol–water partition coefficient (Wildman–Crippen LogP) is 1.50. The average Bonchev–Trinajstić information content (AvgIpc) is 2.42. The van der Waals surface area contributed by atoms with Crippen LogP contribution in [0.25, 0.3) is 0 Å². The zero-order valence-corrected chi connectivity index (χ0v) is 11.5. The molecule has 0 fully saturated rings. The minimum Gasteiger partial charge on any atom is -0.368 e. The average molecular weight is 271 g/mol. The molecule has 0 spiro atoms. The summed E-state index contributed by atoms with van der Waals surface area (Å²) in [5.41, 5.74) is 7.17. The Labute approximate surface area is 118 Å². The third-order valence-electron chi connectivity index (χ3n) is 2.69. The molecule has 3 N–H and O–H groups in total. The second-order valence-electron chi connectivity index (χ2n) is 4.63. The Morgan fingerprint density at radius 2 is 1.95 bits per heavy atom. The smallest absolute Gasteiger partial charge is 0.251 e. The first kappa shape index (κ1) is 15.4. The molecule has 5 heteroatoms. The van der Waals surface area contributed by atoms with Gasteiger partial charge in [-0.15, -0.1) is 0 Å². The summed E-state index contributed by atoms with van der Waals surface area (Å²) in [5, 5.41) is 11.3. The number of benzene rings is 1. The van der Waals surface area contributed by atoms with Crippen LogP contribution in [0.5, 0.6) is 0 Å². The van der Waals surface area contributed by atoms with Crippen LogP contribution in [-0.2, 0) is 4.79 Å². The largest absolute Gasteiger partial charge is 0.368 e. The lowest BCUT2D eigenvalue weighted by Gasteiger charge is -2.14. The van der Waals surface area contributed by atoms with Crippen LogP contribution in [-0.4, -0.2) is 17.9 Å². The maximum Gasteiger partial charge on any atom is 0.251 e. The second-order valence-corrected chi connectivity index (χ2v) is 4.63. The number of primary amides is 1. The molecule has 0 aliphatic rings. The topological polar surface area (TPSA) is 96.0 Å². The predicted molar refractivity (Wildman–Crippen MR) is 75.7 cm³/mol. The highest BCUT2D eigenvalue weighted by molar-refractivity contribution is 5.97. The Kier molecular flexibility index (Phi) is 5.48. The van der Waals surface area contributed by atoms with Crippen molar-refractivity contribution in [2.75, 3.05) is 0 Å². The van der Waals surface area contributed by atoms with Crippen LogP contribution in [0.4, 0.5) is 0 Å². The molecule has 5 nitrogen and oxygen atoms in total. The van der Waals surface area contributed by atoms with Crippen LogP contribution < -0.4 is 11.1 Å². The molecule has 0 unspecified atom stereocenters. The van der Waals surface area contributed by atoms with Crippen LogP contribution in [0.3, 0.4) is 0 Å². The van der Waals surface area contributed by atoms with Gasteiger partial charge in [-0.2, -0.15) is 5.26 Å². The van der Waals surface area contributed by atoms with Crippen LogP contribution in [0.2, 0.25) is 0 Å². The first-order valence-corrected chi connectivity index (χ1v) is 6.17. The van der Waals surface area contributed by atoms with Crippen LogP contribution in [0.1, 0.15) is 36.2 Å². The van der Waals surface area contributed by atoms with Crippen LogP contribution in [0.15, 0.2) is 35.9 Å². The summed E-state index contributed by atoms with van der Waals surface area (Å²) in [7, 11) is 0. The minimum absolute atomic E-state index is 0.361. The van der Waals surface area contributed by atoms with Gasteiger partial charge in [0.05, 0.1) is 11.6 Å². The normalized spacial score (nSPS) is 11.1. The second kappa shape index (κ2) is 7.10. The number of carbonyl (C=O) groups is 2. The van der Waals surface area contributed by atoms with Crippen molar-refractivity contribution in [2.45, 2.75) is 26.3 Å². The molecule has 0 aliphatic heterocycles. The summed E-state index contributed by atoms with van der Waals surface area (Å²) in [6, 6.07) is 7.39. The van der Waals surface area contributed by atoms with Gasteiger partial charge in [0.15, 0.2) is 0 Å². The highest BCUT2D eigenvalue weighted by atomic mass is 16.2. The minimum atomic E-state index is -0.743. The quantitative estimate of drug-likeness (QED) is 0.794. The monoisotopic (exact) mass is 271 g/mol.